The van der Waals surface area contributed by atoms with Gasteiger partial charge in [0, 0.05) is 18.8 Å². The maximum Gasteiger partial charge on any atom is 0.243 e. The first-order valence-electron chi connectivity index (χ1n) is 8.53. The van der Waals surface area contributed by atoms with Crippen LogP contribution in [-0.4, -0.2) is 31.5 Å². The number of anilines is 1. The van der Waals surface area contributed by atoms with Crippen molar-refractivity contribution in [2.24, 2.45) is 4.99 Å². The molecular formula is C20H26N4O. The fraction of sp³-hybridized carbons (Fsp3) is 0.300. The largest absolute Gasteiger partial charge is 0.354 e. The van der Waals surface area contributed by atoms with Crippen molar-refractivity contribution in [1.29, 1.82) is 0 Å². The van der Waals surface area contributed by atoms with E-state index in [2.05, 4.69) is 52.1 Å². The first kappa shape index (κ1) is 18.5. The average Bonchev–Trinajstić information content (AvgIpc) is 2.65. The van der Waals surface area contributed by atoms with Gasteiger partial charge < -0.3 is 16.0 Å². The molecule has 132 valence electrons. The van der Waals surface area contributed by atoms with Crippen LogP contribution in [0.4, 0.5) is 5.69 Å². The topological polar surface area (TPSA) is 65.5 Å². The number of hydrogen-bond donors (Lipinski definition) is 3. The number of carbonyl (C=O) groups excluding carboxylic acids is 1. The molecule has 25 heavy (non-hydrogen) atoms. The lowest BCUT2D eigenvalue weighted by Crippen LogP contribution is -2.45. The molecule has 2 aromatic rings. The molecule has 0 saturated heterocycles. The minimum Gasteiger partial charge on any atom is -0.354 e. The molecule has 0 saturated carbocycles. The van der Waals surface area contributed by atoms with Crippen molar-refractivity contribution in [3.8, 4) is 0 Å². The highest BCUT2D eigenvalue weighted by Gasteiger charge is 2.08. The summed E-state index contributed by atoms with van der Waals surface area (Å²) in [6.45, 7) is 2.28. The Morgan fingerprint density at radius 2 is 1.68 bits per heavy atom. The summed E-state index contributed by atoms with van der Waals surface area (Å²) in [5.74, 6) is 0.523. The molecule has 0 spiro atoms. The standard InChI is InChI=1S/C20H26N4O/c1-16(13-14-17-9-5-3-6-10-17)23-20(21-2)22-15-19(25)24-18-11-7-4-8-12-18/h3-12,16H,13-15H2,1-2H3,(H,24,25)(H2,21,22,23). The third-order valence-electron chi connectivity index (χ3n) is 3.79. The van der Waals surface area contributed by atoms with E-state index in [1.54, 1.807) is 7.05 Å². The van der Waals surface area contributed by atoms with Crippen LogP contribution in [0.2, 0.25) is 0 Å². The molecule has 3 N–H and O–H groups in total. The first-order valence-corrected chi connectivity index (χ1v) is 8.53. The summed E-state index contributed by atoms with van der Waals surface area (Å²) in [5.41, 5.74) is 2.11. The van der Waals surface area contributed by atoms with Gasteiger partial charge in [0.1, 0.15) is 0 Å². The van der Waals surface area contributed by atoms with E-state index in [9.17, 15) is 4.79 Å². The smallest absolute Gasteiger partial charge is 0.243 e. The van der Waals surface area contributed by atoms with Crippen molar-refractivity contribution < 1.29 is 4.79 Å². The molecule has 0 heterocycles. The zero-order chi connectivity index (χ0) is 17.9. The number of aliphatic imine (C=N–C) groups is 1. The molecule has 0 bridgehead atoms. The van der Waals surface area contributed by atoms with Crippen LogP contribution < -0.4 is 16.0 Å². The second-order valence-electron chi connectivity index (χ2n) is 5.91. The highest BCUT2D eigenvalue weighted by Crippen LogP contribution is 2.05. The Labute approximate surface area is 149 Å². The number of rotatable bonds is 7. The lowest BCUT2D eigenvalue weighted by atomic mass is 10.1. The van der Waals surface area contributed by atoms with Crippen molar-refractivity contribution in [2.75, 3.05) is 18.9 Å². The summed E-state index contributed by atoms with van der Waals surface area (Å²) in [7, 11) is 1.70. The number of carbonyl (C=O) groups is 1. The second-order valence-corrected chi connectivity index (χ2v) is 5.91. The van der Waals surface area contributed by atoms with Crippen LogP contribution in [0.5, 0.6) is 0 Å². The molecule has 0 aromatic heterocycles. The maximum absolute atomic E-state index is 12.0. The average molecular weight is 338 g/mol. The highest BCUT2D eigenvalue weighted by molar-refractivity contribution is 5.94. The number of guanidine groups is 1. The van der Waals surface area contributed by atoms with Crippen LogP contribution in [0.1, 0.15) is 18.9 Å². The second kappa shape index (κ2) is 10.1. The van der Waals surface area contributed by atoms with E-state index in [4.69, 9.17) is 0 Å². The van der Waals surface area contributed by atoms with Gasteiger partial charge in [-0.2, -0.15) is 0 Å². The highest BCUT2D eigenvalue weighted by atomic mass is 16.1. The molecule has 0 aliphatic carbocycles. The predicted molar refractivity (Wildman–Crippen MR) is 104 cm³/mol. The Morgan fingerprint density at radius 1 is 1.04 bits per heavy atom. The van der Waals surface area contributed by atoms with Crippen LogP contribution in [0.25, 0.3) is 0 Å². The molecule has 1 amide bonds. The first-order chi connectivity index (χ1) is 12.2. The summed E-state index contributed by atoms with van der Waals surface area (Å²) < 4.78 is 0. The van der Waals surface area contributed by atoms with E-state index >= 15 is 0 Å². The number of aryl methyl sites for hydroxylation is 1. The van der Waals surface area contributed by atoms with Gasteiger partial charge in [0.05, 0.1) is 6.54 Å². The summed E-state index contributed by atoms with van der Waals surface area (Å²) in [6.07, 6.45) is 1.99. The predicted octanol–water partition coefficient (Wildman–Crippen LogP) is 2.81. The van der Waals surface area contributed by atoms with Crippen molar-refractivity contribution in [2.45, 2.75) is 25.8 Å². The Morgan fingerprint density at radius 3 is 2.32 bits per heavy atom. The van der Waals surface area contributed by atoms with Gasteiger partial charge in [0.2, 0.25) is 5.91 Å². The van der Waals surface area contributed by atoms with Gasteiger partial charge in [-0.05, 0) is 37.5 Å². The molecule has 0 fully saturated rings. The van der Waals surface area contributed by atoms with Crippen molar-refractivity contribution in [1.82, 2.24) is 10.6 Å². The third kappa shape index (κ3) is 7.08. The number of para-hydroxylation sites is 1. The fourth-order valence-corrected chi connectivity index (χ4v) is 2.42. The lowest BCUT2D eigenvalue weighted by molar-refractivity contribution is -0.115. The van der Waals surface area contributed by atoms with Gasteiger partial charge >= 0.3 is 0 Å². The Hall–Kier alpha value is -2.82. The summed E-state index contributed by atoms with van der Waals surface area (Å²) in [6, 6.07) is 20.1. The molecule has 2 aromatic carbocycles. The van der Waals surface area contributed by atoms with Gasteiger partial charge in [0.15, 0.2) is 5.96 Å². The molecular weight excluding hydrogens is 312 g/mol. The Bertz CT molecular complexity index is 671. The van der Waals surface area contributed by atoms with E-state index in [1.165, 1.54) is 5.56 Å². The van der Waals surface area contributed by atoms with Gasteiger partial charge in [-0.25, -0.2) is 0 Å². The van der Waals surface area contributed by atoms with Crippen LogP contribution in [0.3, 0.4) is 0 Å². The summed E-state index contributed by atoms with van der Waals surface area (Å²) in [5, 5.41) is 9.20. The van der Waals surface area contributed by atoms with Crippen LogP contribution in [0, 0.1) is 0 Å². The summed E-state index contributed by atoms with van der Waals surface area (Å²) in [4.78, 5) is 16.1. The molecule has 5 nitrogen and oxygen atoms in total. The number of nitrogens with zero attached hydrogens (tertiary/aromatic N) is 1. The zero-order valence-corrected chi connectivity index (χ0v) is 14.8. The van der Waals surface area contributed by atoms with Gasteiger partial charge in [-0.1, -0.05) is 48.5 Å². The number of benzene rings is 2. The number of hydrogen-bond acceptors (Lipinski definition) is 2. The van der Waals surface area contributed by atoms with Crippen molar-refractivity contribution in [3.63, 3.8) is 0 Å². The molecule has 2 rings (SSSR count). The molecule has 1 unspecified atom stereocenters. The van der Waals surface area contributed by atoms with Crippen molar-refractivity contribution >= 4 is 17.6 Å². The maximum atomic E-state index is 12.0. The zero-order valence-electron chi connectivity index (χ0n) is 14.8. The van der Waals surface area contributed by atoms with Crippen molar-refractivity contribution in [3.05, 3.63) is 66.2 Å². The van der Waals surface area contributed by atoms with Crippen LogP contribution in [0.15, 0.2) is 65.7 Å². The lowest BCUT2D eigenvalue weighted by Gasteiger charge is -2.18. The van der Waals surface area contributed by atoms with Crippen LogP contribution >= 0.6 is 0 Å². The monoisotopic (exact) mass is 338 g/mol. The third-order valence-corrected chi connectivity index (χ3v) is 3.79. The molecule has 0 aliphatic rings. The molecule has 0 radical (unpaired) electrons. The SMILES string of the molecule is CN=C(NCC(=O)Nc1ccccc1)NC(C)CCc1ccccc1. The van der Waals surface area contributed by atoms with E-state index in [0.717, 1.165) is 18.5 Å². The molecule has 0 aliphatic heterocycles. The van der Waals surface area contributed by atoms with Gasteiger partial charge in [-0.15, -0.1) is 0 Å². The Balaban J connectivity index is 1.71. The number of amides is 1. The van der Waals surface area contributed by atoms with E-state index in [-0.39, 0.29) is 18.5 Å². The molecule has 1 atom stereocenters. The minimum atomic E-state index is -0.105. The van der Waals surface area contributed by atoms with E-state index < -0.39 is 0 Å². The van der Waals surface area contributed by atoms with E-state index in [0.29, 0.717) is 5.96 Å². The van der Waals surface area contributed by atoms with Gasteiger partial charge in [-0.3, -0.25) is 9.79 Å². The minimum absolute atomic E-state index is 0.105. The fourth-order valence-electron chi connectivity index (χ4n) is 2.42. The quantitative estimate of drug-likeness (QED) is 0.537. The number of nitrogens with one attached hydrogen (secondary N) is 3. The van der Waals surface area contributed by atoms with Gasteiger partial charge in [0.25, 0.3) is 0 Å². The molecule has 5 heteroatoms. The van der Waals surface area contributed by atoms with E-state index in [1.807, 2.05) is 36.4 Å². The normalized spacial score (nSPS) is 12.3. The Kier molecular flexibility index (Phi) is 7.50. The van der Waals surface area contributed by atoms with Crippen LogP contribution in [-0.2, 0) is 11.2 Å². The summed E-state index contributed by atoms with van der Waals surface area (Å²) >= 11 is 0.